The first-order valence-corrected chi connectivity index (χ1v) is 7.02. The predicted octanol–water partition coefficient (Wildman–Crippen LogP) is 0.471. The molecule has 1 amide bonds. The van der Waals surface area contributed by atoms with Gasteiger partial charge in [0.05, 0.1) is 6.54 Å². The lowest BCUT2D eigenvalue weighted by Crippen LogP contribution is -2.37. The summed E-state index contributed by atoms with van der Waals surface area (Å²) in [5.41, 5.74) is 5.80. The van der Waals surface area contributed by atoms with E-state index in [-0.39, 0.29) is 29.9 Å². The summed E-state index contributed by atoms with van der Waals surface area (Å²) in [4.78, 5) is 19.7. The van der Waals surface area contributed by atoms with Gasteiger partial charge >= 0.3 is 0 Å². The van der Waals surface area contributed by atoms with Crippen molar-refractivity contribution >= 4 is 35.8 Å². The van der Waals surface area contributed by atoms with Gasteiger partial charge in [0.25, 0.3) is 0 Å². The van der Waals surface area contributed by atoms with Crippen molar-refractivity contribution < 1.29 is 4.79 Å². The van der Waals surface area contributed by atoms with E-state index in [1.807, 2.05) is 0 Å². The zero-order valence-electron chi connectivity index (χ0n) is 12.8. The van der Waals surface area contributed by atoms with Crippen LogP contribution < -0.4 is 11.1 Å². The summed E-state index contributed by atoms with van der Waals surface area (Å²) in [6, 6.07) is 0.522. The van der Waals surface area contributed by atoms with E-state index in [2.05, 4.69) is 22.1 Å². The minimum Gasteiger partial charge on any atom is -0.370 e. The largest absolute Gasteiger partial charge is 0.370 e. The van der Waals surface area contributed by atoms with E-state index < -0.39 is 0 Å². The standard InChI is InChI=1S/C13H27N5O.HI/c1-4-18-9-5-6-11(18)10-16-13(14)15-8-7-12(19)17(2)3;/h11H,4-10H2,1-3H3,(H3,14,15,16);1H. The van der Waals surface area contributed by atoms with Crippen molar-refractivity contribution in [2.45, 2.75) is 32.2 Å². The molecule has 20 heavy (non-hydrogen) atoms. The Balaban J connectivity index is 0.00000361. The highest BCUT2D eigenvalue weighted by atomic mass is 127. The van der Waals surface area contributed by atoms with Gasteiger partial charge in [-0.05, 0) is 25.9 Å². The molecule has 0 aliphatic carbocycles. The summed E-state index contributed by atoms with van der Waals surface area (Å²) in [6.07, 6.45) is 2.89. The van der Waals surface area contributed by atoms with E-state index in [1.165, 1.54) is 19.4 Å². The van der Waals surface area contributed by atoms with Gasteiger partial charge in [0.1, 0.15) is 0 Å². The first kappa shape index (κ1) is 19.4. The molecule has 1 atom stereocenters. The maximum Gasteiger partial charge on any atom is 0.223 e. The summed E-state index contributed by atoms with van der Waals surface area (Å²) in [5, 5.41) is 2.99. The van der Waals surface area contributed by atoms with Crippen molar-refractivity contribution in [3.05, 3.63) is 0 Å². The summed E-state index contributed by atoms with van der Waals surface area (Å²) < 4.78 is 0. The second kappa shape index (κ2) is 10.2. The van der Waals surface area contributed by atoms with Gasteiger partial charge in [-0.15, -0.1) is 24.0 Å². The Bertz CT molecular complexity index is 322. The molecule has 1 fully saturated rings. The number of guanidine groups is 1. The Labute approximate surface area is 139 Å². The van der Waals surface area contributed by atoms with E-state index in [9.17, 15) is 4.79 Å². The molecule has 3 N–H and O–H groups in total. The summed E-state index contributed by atoms with van der Waals surface area (Å²) >= 11 is 0. The molecular formula is C13H28IN5O. The first-order valence-electron chi connectivity index (χ1n) is 7.02. The fraction of sp³-hybridized carbons (Fsp3) is 0.846. The Morgan fingerprint density at radius 2 is 2.20 bits per heavy atom. The minimum atomic E-state index is 0. The minimum absolute atomic E-state index is 0. The van der Waals surface area contributed by atoms with Gasteiger partial charge in [0.15, 0.2) is 5.96 Å². The van der Waals surface area contributed by atoms with Gasteiger partial charge in [0, 0.05) is 33.1 Å². The normalized spacial score (nSPS) is 19.6. The average molecular weight is 397 g/mol. The van der Waals surface area contributed by atoms with Gasteiger partial charge in [0.2, 0.25) is 5.91 Å². The van der Waals surface area contributed by atoms with Crippen molar-refractivity contribution in [2.24, 2.45) is 10.7 Å². The molecule has 0 spiro atoms. The van der Waals surface area contributed by atoms with Crippen LogP contribution in [-0.2, 0) is 4.79 Å². The summed E-state index contributed by atoms with van der Waals surface area (Å²) in [6.45, 7) is 5.70. The van der Waals surface area contributed by atoms with Crippen LogP contribution in [0.5, 0.6) is 0 Å². The number of hydrogen-bond donors (Lipinski definition) is 2. The molecule has 0 bridgehead atoms. The average Bonchev–Trinajstić information content (AvgIpc) is 2.83. The van der Waals surface area contributed by atoms with Gasteiger partial charge in [-0.2, -0.15) is 0 Å². The van der Waals surface area contributed by atoms with Crippen LogP contribution in [0.15, 0.2) is 4.99 Å². The number of carbonyl (C=O) groups is 1. The molecule has 118 valence electrons. The van der Waals surface area contributed by atoms with Gasteiger partial charge in [-0.25, -0.2) is 0 Å². The molecular weight excluding hydrogens is 369 g/mol. The summed E-state index contributed by atoms with van der Waals surface area (Å²) in [7, 11) is 3.50. The number of carbonyl (C=O) groups excluding carboxylic acids is 1. The van der Waals surface area contributed by atoms with Crippen LogP contribution in [0.2, 0.25) is 0 Å². The Kier molecular flexibility index (Phi) is 9.91. The highest BCUT2D eigenvalue weighted by molar-refractivity contribution is 14.0. The van der Waals surface area contributed by atoms with E-state index in [4.69, 9.17) is 5.73 Å². The molecule has 0 aromatic heterocycles. The molecule has 1 unspecified atom stereocenters. The van der Waals surface area contributed by atoms with Crippen LogP contribution in [0, 0.1) is 0 Å². The predicted molar refractivity (Wildman–Crippen MR) is 93.5 cm³/mol. The van der Waals surface area contributed by atoms with Crippen LogP contribution in [0.1, 0.15) is 26.2 Å². The van der Waals surface area contributed by atoms with Crippen molar-refractivity contribution in [3.63, 3.8) is 0 Å². The number of nitrogens with two attached hydrogens (primary N) is 1. The van der Waals surface area contributed by atoms with Crippen LogP contribution >= 0.6 is 24.0 Å². The number of amides is 1. The second-order valence-corrected chi connectivity index (χ2v) is 5.12. The van der Waals surface area contributed by atoms with Crippen molar-refractivity contribution in [2.75, 3.05) is 40.3 Å². The third-order valence-corrected chi connectivity index (χ3v) is 3.52. The lowest BCUT2D eigenvalue weighted by molar-refractivity contribution is -0.128. The van der Waals surface area contributed by atoms with Crippen LogP contribution in [0.4, 0.5) is 0 Å². The molecule has 1 aliphatic heterocycles. The smallest absolute Gasteiger partial charge is 0.223 e. The molecule has 0 aromatic rings. The van der Waals surface area contributed by atoms with Gasteiger partial charge in [-0.1, -0.05) is 6.92 Å². The monoisotopic (exact) mass is 397 g/mol. The summed E-state index contributed by atoms with van der Waals surface area (Å²) in [5.74, 6) is 0.530. The van der Waals surface area contributed by atoms with Crippen molar-refractivity contribution in [1.29, 1.82) is 0 Å². The molecule has 1 rings (SSSR count). The fourth-order valence-corrected chi connectivity index (χ4v) is 2.30. The SMILES string of the molecule is CCN1CCCC1CN=C(N)NCCC(=O)N(C)C.I. The zero-order valence-corrected chi connectivity index (χ0v) is 15.1. The lowest BCUT2D eigenvalue weighted by Gasteiger charge is -2.21. The molecule has 7 heteroatoms. The van der Waals surface area contributed by atoms with Crippen LogP contribution in [-0.4, -0.2) is 68.0 Å². The number of nitrogens with one attached hydrogen (secondary N) is 1. The number of nitrogens with zero attached hydrogens (tertiary/aromatic N) is 3. The number of likely N-dealkylation sites (tertiary alicyclic amines) is 1. The van der Waals surface area contributed by atoms with Gasteiger partial charge < -0.3 is 16.0 Å². The maximum absolute atomic E-state index is 11.4. The van der Waals surface area contributed by atoms with Gasteiger partial charge in [-0.3, -0.25) is 14.7 Å². The topological polar surface area (TPSA) is 74.0 Å². The zero-order chi connectivity index (χ0) is 14.3. The number of likely N-dealkylation sites (N-methyl/N-ethyl adjacent to an activating group) is 1. The Morgan fingerprint density at radius 3 is 2.80 bits per heavy atom. The lowest BCUT2D eigenvalue weighted by atomic mass is 10.2. The third-order valence-electron chi connectivity index (χ3n) is 3.52. The number of aliphatic imine (C=N–C) groups is 1. The Hall–Kier alpha value is -0.570. The number of rotatable bonds is 6. The van der Waals surface area contributed by atoms with Crippen molar-refractivity contribution in [1.82, 2.24) is 15.1 Å². The Morgan fingerprint density at radius 1 is 1.50 bits per heavy atom. The van der Waals surface area contributed by atoms with E-state index >= 15 is 0 Å². The highest BCUT2D eigenvalue weighted by Crippen LogP contribution is 2.16. The van der Waals surface area contributed by atoms with E-state index in [0.717, 1.165) is 13.1 Å². The maximum atomic E-state index is 11.4. The second-order valence-electron chi connectivity index (χ2n) is 5.12. The molecule has 1 saturated heterocycles. The fourth-order valence-electron chi connectivity index (χ4n) is 2.30. The van der Waals surface area contributed by atoms with Crippen LogP contribution in [0.25, 0.3) is 0 Å². The van der Waals surface area contributed by atoms with Crippen molar-refractivity contribution in [3.8, 4) is 0 Å². The van der Waals surface area contributed by atoms with E-state index in [1.54, 1.807) is 19.0 Å². The number of hydrogen-bond acceptors (Lipinski definition) is 3. The molecule has 0 saturated carbocycles. The number of halogens is 1. The van der Waals surface area contributed by atoms with Crippen LogP contribution in [0.3, 0.4) is 0 Å². The molecule has 0 aromatic carbocycles. The highest BCUT2D eigenvalue weighted by Gasteiger charge is 2.22. The molecule has 0 radical (unpaired) electrons. The molecule has 1 heterocycles. The molecule has 6 nitrogen and oxygen atoms in total. The first-order chi connectivity index (χ1) is 9.04. The quantitative estimate of drug-likeness (QED) is 0.388. The third kappa shape index (κ3) is 6.74. The van der Waals surface area contributed by atoms with E-state index in [0.29, 0.717) is 25.0 Å². The molecule has 1 aliphatic rings.